The molecule has 1 N–H and O–H groups in total. The average molecular weight is 353 g/mol. The Labute approximate surface area is 151 Å². The molecule has 1 heterocycles. The second-order valence-corrected chi connectivity index (χ2v) is 5.96. The van der Waals surface area contributed by atoms with Crippen molar-refractivity contribution in [2.75, 3.05) is 0 Å². The summed E-state index contributed by atoms with van der Waals surface area (Å²) in [5.41, 5.74) is 0.920. The number of nitrogens with one attached hydrogen (secondary N) is 1. The fourth-order valence-electron chi connectivity index (χ4n) is 2.63. The minimum Gasteiger partial charge on any atom is -0.481 e. The molecule has 1 amide bonds. The highest BCUT2D eigenvalue weighted by molar-refractivity contribution is 5.81. The fraction of sp³-hybridized carbons (Fsp3) is 0.200. The summed E-state index contributed by atoms with van der Waals surface area (Å²) < 4.78 is 20.5. The maximum atomic E-state index is 13.0. The first-order valence-corrected chi connectivity index (χ1v) is 8.29. The van der Waals surface area contributed by atoms with E-state index >= 15 is 0 Å². The number of rotatable bonds is 6. The van der Waals surface area contributed by atoms with E-state index in [4.69, 9.17) is 4.74 Å². The zero-order valence-corrected chi connectivity index (χ0v) is 14.6. The molecule has 6 heteroatoms. The van der Waals surface area contributed by atoms with Crippen molar-refractivity contribution in [3.8, 4) is 5.75 Å². The van der Waals surface area contributed by atoms with Crippen LogP contribution >= 0.6 is 0 Å². The van der Waals surface area contributed by atoms with Crippen molar-refractivity contribution in [3.63, 3.8) is 0 Å². The van der Waals surface area contributed by atoms with Crippen molar-refractivity contribution in [3.05, 3.63) is 84.2 Å². The SMILES string of the molecule is C[C@@H](Oc1ccc(F)cc1)C(=O)N[C@@H](c1ccccc1)c1nccn1C. The normalized spacial score (nSPS) is 13.0. The Kier molecular flexibility index (Phi) is 5.31. The molecule has 0 aliphatic rings. The molecule has 1 aromatic heterocycles. The third kappa shape index (κ3) is 4.08. The Balaban J connectivity index is 1.77. The maximum Gasteiger partial charge on any atom is 0.261 e. The lowest BCUT2D eigenvalue weighted by atomic mass is 10.1. The van der Waals surface area contributed by atoms with Crippen LogP contribution in [-0.4, -0.2) is 21.6 Å². The molecule has 0 spiro atoms. The highest BCUT2D eigenvalue weighted by Gasteiger charge is 2.24. The molecule has 0 aliphatic carbocycles. The van der Waals surface area contributed by atoms with Crippen LogP contribution in [0.2, 0.25) is 0 Å². The van der Waals surface area contributed by atoms with E-state index in [-0.39, 0.29) is 11.7 Å². The largest absolute Gasteiger partial charge is 0.481 e. The number of benzene rings is 2. The Hall–Kier alpha value is -3.15. The van der Waals surface area contributed by atoms with Gasteiger partial charge in [0, 0.05) is 19.4 Å². The first-order valence-electron chi connectivity index (χ1n) is 8.29. The quantitative estimate of drug-likeness (QED) is 0.740. The first-order chi connectivity index (χ1) is 12.5. The summed E-state index contributed by atoms with van der Waals surface area (Å²) in [7, 11) is 1.88. The zero-order valence-electron chi connectivity index (χ0n) is 14.6. The van der Waals surface area contributed by atoms with E-state index < -0.39 is 12.1 Å². The minimum atomic E-state index is -0.744. The molecule has 0 unspecified atom stereocenters. The summed E-state index contributed by atoms with van der Waals surface area (Å²) in [6, 6.07) is 14.8. The van der Waals surface area contributed by atoms with Gasteiger partial charge in [0.05, 0.1) is 0 Å². The van der Waals surface area contributed by atoms with Crippen LogP contribution < -0.4 is 10.1 Å². The van der Waals surface area contributed by atoms with E-state index in [0.29, 0.717) is 5.75 Å². The number of ether oxygens (including phenoxy) is 1. The van der Waals surface area contributed by atoms with Gasteiger partial charge in [-0.3, -0.25) is 4.79 Å². The predicted octanol–water partition coefficient (Wildman–Crippen LogP) is 3.23. The van der Waals surface area contributed by atoms with E-state index in [2.05, 4.69) is 10.3 Å². The third-order valence-electron chi connectivity index (χ3n) is 4.03. The van der Waals surface area contributed by atoms with Gasteiger partial charge in [0.2, 0.25) is 0 Å². The summed E-state index contributed by atoms with van der Waals surface area (Å²) >= 11 is 0. The number of aryl methyl sites for hydroxylation is 1. The second kappa shape index (κ2) is 7.82. The van der Waals surface area contributed by atoms with Crippen molar-refractivity contribution in [2.24, 2.45) is 7.05 Å². The number of hydrogen-bond donors (Lipinski definition) is 1. The van der Waals surface area contributed by atoms with Gasteiger partial charge in [-0.1, -0.05) is 30.3 Å². The molecule has 5 nitrogen and oxygen atoms in total. The van der Waals surface area contributed by atoms with Gasteiger partial charge in [-0.25, -0.2) is 9.37 Å². The summed E-state index contributed by atoms with van der Waals surface area (Å²) in [5, 5.41) is 2.99. The van der Waals surface area contributed by atoms with Crippen LogP contribution in [0.3, 0.4) is 0 Å². The number of nitrogens with zero attached hydrogens (tertiary/aromatic N) is 2. The molecule has 2 atom stereocenters. The van der Waals surface area contributed by atoms with Crippen LogP contribution in [0.25, 0.3) is 0 Å². The van der Waals surface area contributed by atoms with E-state index in [1.807, 2.05) is 48.1 Å². The Morgan fingerprint density at radius 3 is 2.46 bits per heavy atom. The highest BCUT2D eigenvalue weighted by atomic mass is 19.1. The number of carbonyl (C=O) groups is 1. The molecule has 0 bridgehead atoms. The molecule has 0 fully saturated rings. The van der Waals surface area contributed by atoms with Crippen LogP contribution in [0.5, 0.6) is 5.75 Å². The molecule has 0 saturated carbocycles. The number of amides is 1. The molecule has 2 aromatic carbocycles. The summed E-state index contributed by atoms with van der Waals surface area (Å²) in [6.07, 6.45) is 2.78. The molecular weight excluding hydrogens is 333 g/mol. The van der Waals surface area contributed by atoms with E-state index in [0.717, 1.165) is 11.4 Å². The number of hydrogen-bond acceptors (Lipinski definition) is 3. The Bertz CT molecular complexity index is 862. The number of imidazole rings is 1. The molecule has 3 aromatic rings. The molecular formula is C20H20FN3O2. The predicted molar refractivity (Wildman–Crippen MR) is 96.1 cm³/mol. The minimum absolute atomic E-state index is 0.286. The van der Waals surface area contributed by atoms with Crippen molar-refractivity contribution in [2.45, 2.75) is 19.1 Å². The lowest BCUT2D eigenvalue weighted by Crippen LogP contribution is -2.39. The average Bonchev–Trinajstić information content (AvgIpc) is 3.07. The molecule has 0 aliphatic heterocycles. The monoisotopic (exact) mass is 353 g/mol. The molecule has 3 rings (SSSR count). The van der Waals surface area contributed by atoms with Gasteiger partial charge in [-0.2, -0.15) is 0 Å². The lowest BCUT2D eigenvalue weighted by molar-refractivity contribution is -0.127. The lowest BCUT2D eigenvalue weighted by Gasteiger charge is -2.22. The van der Waals surface area contributed by atoms with Gasteiger partial charge < -0.3 is 14.6 Å². The number of carbonyl (C=O) groups excluding carboxylic acids is 1. The first kappa shape index (κ1) is 17.7. The number of aromatic nitrogens is 2. The molecule has 0 saturated heterocycles. The standard InChI is InChI=1S/C20H20FN3O2/c1-14(26-17-10-8-16(21)9-11-17)20(25)23-18(15-6-4-3-5-7-15)19-22-12-13-24(19)2/h3-14,18H,1-2H3,(H,23,25)/t14-,18+/m1/s1. The second-order valence-electron chi connectivity index (χ2n) is 5.96. The topological polar surface area (TPSA) is 56.1 Å². The molecule has 134 valence electrons. The van der Waals surface area contributed by atoms with Crippen LogP contribution in [0.4, 0.5) is 4.39 Å². The smallest absolute Gasteiger partial charge is 0.261 e. The fourth-order valence-corrected chi connectivity index (χ4v) is 2.63. The van der Waals surface area contributed by atoms with Crippen LogP contribution in [-0.2, 0) is 11.8 Å². The van der Waals surface area contributed by atoms with Crippen molar-refractivity contribution in [1.82, 2.24) is 14.9 Å². The van der Waals surface area contributed by atoms with Crippen molar-refractivity contribution < 1.29 is 13.9 Å². The van der Waals surface area contributed by atoms with E-state index in [1.54, 1.807) is 13.1 Å². The summed E-state index contributed by atoms with van der Waals surface area (Å²) in [5.74, 6) is 0.514. The Morgan fingerprint density at radius 1 is 1.15 bits per heavy atom. The third-order valence-corrected chi connectivity index (χ3v) is 4.03. The number of halogens is 1. The van der Waals surface area contributed by atoms with Crippen LogP contribution in [0.1, 0.15) is 24.4 Å². The van der Waals surface area contributed by atoms with Gasteiger partial charge in [0.25, 0.3) is 5.91 Å². The van der Waals surface area contributed by atoms with Crippen molar-refractivity contribution in [1.29, 1.82) is 0 Å². The van der Waals surface area contributed by atoms with Crippen molar-refractivity contribution >= 4 is 5.91 Å². The molecule has 26 heavy (non-hydrogen) atoms. The molecule has 0 radical (unpaired) electrons. The zero-order chi connectivity index (χ0) is 18.5. The van der Waals surface area contributed by atoms with Gasteiger partial charge in [0.15, 0.2) is 6.10 Å². The summed E-state index contributed by atoms with van der Waals surface area (Å²) in [6.45, 7) is 1.65. The van der Waals surface area contributed by atoms with E-state index in [1.165, 1.54) is 24.3 Å². The van der Waals surface area contributed by atoms with Crippen LogP contribution in [0.15, 0.2) is 67.0 Å². The van der Waals surface area contributed by atoms with Gasteiger partial charge in [-0.05, 0) is 36.8 Å². The van der Waals surface area contributed by atoms with Gasteiger partial charge in [-0.15, -0.1) is 0 Å². The van der Waals surface area contributed by atoms with Crippen LogP contribution in [0, 0.1) is 5.82 Å². The van der Waals surface area contributed by atoms with Gasteiger partial charge >= 0.3 is 0 Å². The Morgan fingerprint density at radius 2 is 1.85 bits per heavy atom. The van der Waals surface area contributed by atoms with Gasteiger partial charge in [0.1, 0.15) is 23.4 Å². The maximum absolute atomic E-state index is 13.0. The highest BCUT2D eigenvalue weighted by Crippen LogP contribution is 2.21. The van der Waals surface area contributed by atoms with E-state index in [9.17, 15) is 9.18 Å². The summed E-state index contributed by atoms with van der Waals surface area (Å²) in [4.78, 5) is 17.0.